The zero-order chi connectivity index (χ0) is 26.7. The molecule has 7 nitrogen and oxygen atoms in total. The molecular weight excluding hydrogens is 492 g/mol. The normalized spacial score (nSPS) is 21.4. The molecule has 3 N–H and O–H groups in total. The summed E-state index contributed by atoms with van der Waals surface area (Å²) in [5.41, 5.74) is 1.54. The zero-order valence-electron chi connectivity index (χ0n) is 19.5. The van der Waals surface area contributed by atoms with Gasteiger partial charge in [-0.1, -0.05) is 19.9 Å². The van der Waals surface area contributed by atoms with E-state index in [2.05, 4.69) is 21.1 Å². The monoisotopic (exact) mass is 517 g/mol. The molecule has 1 fully saturated rings. The van der Waals surface area contributed by atoms with Gasteiger partial charge in [0.1, 0.15) is 18.0 Å². The zero-order valence-corrected chi connectivity index (χ0v) is 19.5. The Balaban J connectivity index is 1.96. The molecule has 0 aliphatic carbocycles. The summed E-state index contributed by atoms with van der Waals surface area (Å²) in [6.45, 7) is 3.12. The molecule has 1 amide bonds. The Labute approximate surface area is 203 Å². The number of aliphatic imine (C=N–C) groups is 1. The number of carbonyl (C=O) groups excluding carboxylic acids is 1. The van der Waals surface area contributed by atoms with Gasteiger partial charge in [0.05, 0.1) is 12.7 Å². The van der Waals surface area contributed by atoms with E-state index in [-0.39, 0.29) is 23.8 Å². The minimum atomic E-state index is -4.62. The Kier molecular flexibility index (Phi) is 8.14. The van der Waals surface area contributed by atoms with Crippen LogP contribution >= 0.6 is 0 Å². The van der Waals surface area contributed by atoms with E-state index in [1.165, 1.54) is 49.4 Å². The van der Waals surface area contributed by atoms with Gasteiger partial charge in [-0.15, -0.1) is 0 Å². The number of nitrogens with zero attached hydrogens (tertiary/aromatic N) is 2. The minimum Gasteiger partial charge on any atom is -0.497 e. The first kappa shape index (κ1) is 27.3. The van der Waals surface area contributed by atoms with Gasteiger partial charge in [-0.3, -0.25) is 10.1 Å². The molecule has 3 atom stereocenters. The topological polar surface area (TPSA) is 78.0 Å². The second-order valence-corrected chi connectivity index (χ2v) is 8.07. The molecule has 36 heavy (non-hydrogen) atoms. The average molecular weight is 517 g/mol. The van der Waals surface area contributed by atoms with Crippen molar-refractivity contribution in [3.63, 3.8) is 0 Å². The maximum absolute atomic E-state index is 13.5. The van der Waals surface area contributed by atoms with Crippen molar-refractivity contribution in [2.45, 2.75) is 38.4 Å². The first-order valence-electron chi connectivity index (χ1n) is 10.9. The number of amides is 1. The van der Waals surface area contributed by atoms with Crippen molar-refractivity contribution in [2.24, 2.45) is 10.9 Å². The summed E-state index contributed by atoms with van der Waals surface area (Å²) in [4.78, 5) is 17.1. The first-order chi connectivity index (χ1) is 16.8. The quantitative estimate of drug-likeness (QED) is 0.306. The van der Waals surface area contributed by atoms with Crippen molar-refractivity contribution < 1.29 is 35.9 Å². The summed E-state index contributed by atoms with van der Waals surface area (Å²) in [5.74, 6) is -1.56. The van der Waals surface area contributed by atoms with Gasteiger partial charge in [0.2, 0.25) is 5.96 Å². The highest BCUT2D eigenvalue weighted by Crippen LogP contribution is 2.34. The van der Waals surface area contributed by atoms with E-state index in [9.17, 15) is 31.1 Å². The molecule has 0 bridgehead atoms. The van der Waals surface area contributed by atoms with Crippen LogP contribution < -0.4 is 20.8 Å². The number of hydrogen-bond donors (Lipinski definition) is 3. The van der Waals surface area contributed by atoms with Crippen molar-refractivity contribution in [3.8, 4) is 5.75 Å². The van der Waals surface area contributed by atoms with Gasteiger partial charge < -0.3 is 10.1 Å². The fourth-order valence-corrected chi connectivity index (χ4v) is 3.73. The molecule has 1 heterocycles. The molecule has 0 saturated carbocycles. The molecule has 1 aliphatic rings. The van der Waals surface area contributed by atoms with E-state index in [0.29, 0.717) is 5.75 Å². The standard InChI is InChI=1S/C23H25F6N5O2/c1-4-34-19(13(2)18(33-34)23(27,28)29)31-21(30-16-7-5-6-15(12-16)22(24,25)26)32-20(35)14-8-10-17(36-3)11-9-14/h5-13,18-19,33H,4H2,1-3H3,(H2,30,31,32,35). The predicted molar refractivity (Wildman–Crippen MR) is 121 cm³/mol. The summed E-state index contributed by atoms with van der Waals surface area (Å²) in [7, 11) is 1.45. The third-order valence-electron chi connectivity index (χ3n) is 5.61. The number of carbonyl (C=O) groups is 1. The fourth-order valence-electron chi connectivity index (χ4n) is 3.73. The summed E-state index contributed by atoms with van der Waals surface area (Å²) in [6, 6.07) is 8.22. The average Bonchev–Trinajstić information content (AvgIpc) is 3.14. The number of hydrazine groups is 1. The van der Waals surface area contributed by atoms with Crippen LogP contribution in [0.3, 0.4) is 0 Å². The fraction of sp³-hybridized carbons (Fsp3) is 0.391. The molecule has 2 aromatic rings. The Hall–Kier alpha value is -3.32. The lowest BCUT2D eigenvalue weighted by Crippen LogP contribution is -2.45. The van der Waals surface area contributed by atoms with E-state index >= 15 is 0 Å². The van der Waals surface area contributed by atoms with Crippen LogP contribution in [0.2, 0.25) is 0 Å². The van der Waals surface area contributed by atoms with Crippen molar-refractivity contribution in [3.05, 3.63) is 59.7 Å². The molecule has 0 spiro atoms. The first-order valence-corrected chi connectivity index (χ1v) is 10.9. The molecule has 0 radical (unpaired) electrons. The number of halogens is 6. The summed E-state index contributed by atoms with van der Waals surface area (Å²) < 4.78 is 85.0. The van der Waals surface area contributed by atoms with E-state index < -0.39 is 41.9 Å². The Morgan fingerprint density at radius 2 is 1.78 bits per heavy atom. The number of benzene rings is 2. The van der Waals surface area contributed by atoms with Crippen LogP contribution in [0.25, 0.3) is 0 Å². The van der Waals surface area contributed by atoms with Crippen LogP contribution in [0.5, 0.6) is 5.75 Å². The summed E-state index contributed by atoms with van der Waals surface area (Å²) in [5, 5.41) is 6.34. The van der Waals surface area contributed by atoms with E-state index in [4.69, 9.17) is 4.74 Å². The van der Waals surface area contributed by atoms with Crippen LogP contribution in [-0.2, 0) is 6.18 Å². The van der Waals surface area contributed by atoms with E-state index in [0.717, 1.165) is 18.2 Å². The Morgan fingerprint density at radius 3 is 2.33 bits per heavy atom. The molecule has 13 heteroatoms. The van der Waals surface area contributed by atoms with Crippen LogP contribution in [0.4, 0.5) is 32.0 Å². The summed E-state index contributed by atoms with van der Waals surface area (Å²) >= 11 is 0. The summed E-state index contributed by atoms with van der Waals surface area (Å²) in [6.07, 6.45) is -10.3. The molecule has 1 aliphatic heterocycles. The number of rotatable bonds is 5. The van der Waals surface area contributed by atoms with Crippen LogP contribution in [-0.4, -0.2) is 48.9 Å². The molecule has 2 aromatic carbocycles. The van der Waals surface area contributed by atoms with Gasteiger partial charge in [-0.2, -0.15) is 26.3 Å². The van der Waals surface area contributed by atoms with Gasteiger partial charge in [-0.05, 0) is 42.5 Å². The second-order valence-electron chi connectivity index (χ2n) is 8.07. The van der Waals surface area contributed by atoms with Gasteiger partial charge in [-0.25, -0.2) is 15.4 Å². The molecule has 3 unspecified atom stereocenters. The van der Waals surface area contributed by atoms with Crippen LogP contribution in [0, 0.1) is 5.92 Å². The van der Waals surface area contributed by atoms with Crippen molar-refractivity contribution in [2.75, 3.05) is 19.0 Å². The number of alkyl halides is 6. The molecular formula is C23H25F6N5O2. The number of anilines is 1. The molecule has 196 valence electrons. The number of guanidine groups is 1. The van der Waals surface area contributed by atoms with Gasteiger partial charge in [0, 0.05) is 23.7 Å². The maximum atomic E-state index is 13.5. The number of nitrogens with one attached hydrogen (secondary N) is 3. The SMILES string of the molecule is CCN1NC(C(F)(F)F)C(C)C1N=C(NC(=O)c1ccc(OC)cc1)Nc1cccc(C(F)(F)F)c1. The lowest BCUT2D eigenvalue weighted by molar-refractivity contribution is -0.163. The van der Waals surface area contributed by atoms with Crippen molar-refractivity contribution in [1.82, 2.24) is 15.8 Å². The largest absolute Gasteiger partial charge is 0.497 e. The molecule has 0 aromatic heterocycles. The predicted octanol–water partition coefficient (Wildman–Crippen LogP) is 4.65. The number of hydrogen-bond acceptors (Lipinski definition) is 5. The number of methoxy groups -OCH3 is 1. The molecule has 3 rings (SSSR count). The van der Waals surface area contributed by atoms with Gasteiger partial charge >= 0.3 is 12.4 Å². The highest BCUT2D eigenvalue weighted by Gasteiger charge is 2.52. The van der Waals surface area contributed by atoms with Crippen LogP contribution in [0.15, 0.2) is 53.5 Å². The Morgan fingerprint density at radius 1 is 1.11 bits per heavy atom. The van der Waals surface area contributed by atoms with Crippen LogP contribution in [0.1, 0.15) is 29.8 Å². The minimum absolute atomic E-state index is 0.0624. The maximum Gasteiger partial charge on any atom is 0.416 e. The van der Waals surface area contributed by atoms with Gasteiger partial charge in [0.25, 0.3) is 5.91 Å². The number of ether oxygens (including phenoxy) is 1. The van der Waals surface area contributed by atoms with Gasteiger partial charge in [0.15, 0.2) is 0 Å². The Bertz CT molecular complexity index is 1090. The van der Waals surface area contributed by atoms with E-state index in [1.807, 2.05) is 0 Å². The molecule has 1 saturated heterocycles. The lowest BCUT2D eigenvalue weighted by atomic mass is 10.0. The van der Waals surface area contributed by atoms with E-state index in [1.54, 1.807) is 6.92 Å². The van der Waals surface area contributed by atoms with Crippen molar-refractivity contribution in [1.29, 1.82) is 0 Å². The highest BCUT2D eigenvalue weighted by molar-refractivity contribution is 6.10. The third-order valence-corrected chi connectivity index (χ3v) is 5.61. The smallest absolute Gasteiger partial charge is 0.416 e. The lowest BCUT2D eigenvalue weighted by Gasteiger charge is -2.22. The highest BCUT2D eigenvalue weighted by atomic mass is 19.4. The second kappa shape index (κ2) is 10.7. The third kappa shape index (κ3) is 6.46. The van der Waals surface area contributed by atoms with Crippen molar-refractivity contribution >= 4 is 17.6 Å².